The zero-order valence-corrected chi connectivity index (χ0v) is 10.1. The first-order valence-corrected chi connectivity index (χ1v) is 4.95. The molecule has 0 aliphatic rings. The molecule has 0 aliphatic heterocycles. The largest absolute Gasteiger partial charge is 0.480 e. The monoisotopic (exact) mass is 347 g/mol. The van der Waals surface area contributed by atoms with E-state index in [0.717, 1.165) is 8.04 Å². The first kappa shape index (κ1) is 9.54. The van der Waals surface area contributed by atoms with Crippen LogP contribution in [0.3, 0.4) is 0 Å². The smallest absolute Gasteiger partial charge is 0.233 e. The molecule has 0 saturated carbocycles. The first-order valence-electron chi connectivity index (χ1n) is 2.70. The molecule has 60 valence electrons. The predicted octanol–water partition coefficient (Wildman–Crippen LogP) is 3.11. The van der Waals surface area contributed by atoms with Crippen LogP contribution in [-0.4, -0.2) is 12.1 Å². The van der Waals surface area contributed by atoms with Crippen LogP contribution in [0.4, 0.5) is 0 Å². The highest BCUT2D eigenvalue weighted by atomic mass is 127. The van der Waals surface area contributed by atoms with Gasteiger partial charge in [0.2, 0.25) is 5.88 Å². The number of hydrogen-bond donors (Lipinski definition) is 0. The molecule has 5 heteroatoms. The molecule has 1 aromatic heterocycles. The van der Waals surface area contributed by atoms with Gasteiger partial charge in [-0.15, -0.1) is 0 Å². The fourth-order valence-corrected chi connectivity index (χ4v) is 1.58. The second-order valence-electron chi connectivity index (χ2n) is 1.74. The summed E-state index contributed by atoms with van der Waals surface area (Å²) < 4.78 is 6.70. The number of halogens is 3. The molecule has 0 aliphatic carbocycles. The number of pyridine rings is 1. The fourth-order valence-electron chi connectivity index (χ4n) is 0.570. The first-order chi connectivity index (χ1) is 5.16. The fraction of sp³-hybridized carbons (Fsp3) is 0.167. The van der Waals surface area contributed by atoms with Gasteiger partial charge in [0.05, 0.1) is 15.2 Å². The molecule has 0 radical (unpaired) electrons. The highest BCUT2D eigenvalue weighted by Gasteiger charge is 2.08. The Labute approximate surface area is 91.6 Å². The highest BCUT2D eigenvalue weighted by Crippen LogP contribution is 2.31. The third kappa shape index (κ3) is 1.97. The molecule has 0 atom stereocenters. The molecule has 1 heterocycles. The standard InChI is InChI=1S/C6H4BrClINO/c1-11-6-4(8)5(9)3(7)2-10-6/h2H,1H3. The molecule has 0 aromatic carbocycles. The van der Waals surface area contributed by atoms with Crippen LogP contribution in [0.15, 0.2) is 10.7 Å². The van der Waals surface area contributed by atoms with E-state index in [1.165, 1.54) is 7.11 Å². The molecular weight excluding hydrogens is 344 g/mol. The number of nitrogens with zero attached hydrogens (tertiary/aromatic N) is 1. The van der Waals surface area contributed by atoms with Crippen molar-refractivity contribution in [3.05, 3.63) is 19.3 Å². The maximum absolute atomic E-state index is 5.87. The lowest BCUT2D eigenvalue weighted by Crippen LogP contribution is -1.90. The van der Waals surface area contributed by atoms with Crippen molar-refractivity contribution < 1.29 is 4.74 Å². The summed E-state index contributed by atoms with van der Waals surface area (Å²) in [6, 6.07) is 0. The van der Waals surface area contributed by atoms with Crippen LogP contribution >= 0.6 is 50.1 Å². The van der Waals surface area contributed by atoms with Crippen molar-refractivity contribution in [2.75, 3.05) is 7.11 Å². The maximum Gasteiger partial charge on any atom is 0.233 e. The summed E-state index contributed by atoms with van der Waals surface area (Å²) in [7, 11) is 1.54. The number of aromatic nitrogens is 1. The van der Waals surface area contributed by atoms with Crippen molar-refractivity contribution in [2.45, 2.75) is 0 Å². The van der Waals surface area contributed by atoms with Crippen molar-refractivity contribution in [1.29, 1.82) is 0 Å². The molecule has 0 saturated heterocycles. The second-order valence-corrected chi connectivity index (χ2v) is 4.05. The SMILES string of the molecule is COc1ncc(Br)c(I)c1Cl. The Kier molecular flexibility index (Phi) is 3.39. The van der Waals surface area contributed by atoms with E-state index in [0.29, 0.717) is 10.9 Å². The summed E-state index contributed by atoms with van der Waals surface area (Å²) in [5, 5.41) is 0.544. The van der Waals surface area contributed by atoms with Gasteiger partial charge < -0.3 is 4.74 Å². The zero-order chi connectivity index (χ0) is 8.43. The lowest BCUT2D eigenvalue weighted by atomic mass is 10.5. The average molecular weight is 348 g/mol. The zero-order valence-electron chi connectivity index (χ0n) is 5.57. The van der Waals surface area contributed by atoms with E-state index >= 15 is 0 Å². The Morgan fingerprint density at radius 3 is 2.91 bits per heavy atom. The van der Waals surface area contributed by atoms with Gasteiger partial charge in [-0.2, -0.15) is 0 Å². The summed E-state index contributed by atoms with van der Waals surface area (Å²) in [6.45, 7) is 0. The average Bonchev–Trinajstić information content (AvgIpc) is 2.01. The van der Waals surface area contributed by atoms with Gasteiger partial charge >= 0.3 is 0 Å². The van der Waals surface area contributed by atoms with E-state index in [4.69, 9.17) is 16.3 Å². The number of hydrogen-bond acceptors (Lipinski definition) is 2. The van der Waals surface area contributed by atoms with Crippen molar-refractivity contribution >= 4 is 50.1 Å². The van der Waals surface area contributed by atoms with Crippen LogP contribution in [0.1, 0.15) is 0 Å². The normalized spacial score (nSPS) is 9.82. The minimum Gasteiger partial charge on any atom is -0.480 e. The van der Waals surface area contributed by atoms with Crippen LogP contribution < -0.4 is 4.74 Å². The molecular formula is C6H4BrClINO. The Morgan fingerprint density at radius 1 is 1.73 bits per heavy atom. The van der Waals surface area contributed by atoms with Crippen molar-refractivity contribution in [2.24, 2.45) is 0 Å². The Morgan fingerprint density at radius 2 is 2.36 bits per heavy atom. The van der Waals surface area contributed by atoms with Gasteiger partial charge in [0, 0.05) is 6.20 Å². The van der Waals surface area contributed by atoms with E-state index in [1.807, 2.05) is 0 Å². The lowest BCUT2D eigenvalue weighted by molar-refractivity contribution is 0.397. The van der Waals surface area contributed by atoms with E-state index in [-0.39, 0.29) is 0 Å². The molecule has 2 nitrogen and oxygen atoms in total. The van der Waals surface area contributed by atoms with Crippen LogP contribution in [0.2, 0.25) is 5.02 Å². The van der Waals surface area contributed by atoms with Gasteiger partial charge in [-0.05, 0) is 38.5 Å². The van der Waals surface area contributed by atoms with E-state index in [1.54, 1.807) is 6.20 Å². The van der Waals surface area contributed by atoms with Gasteiger partial charge in [-0.1, -0.05) is 11.6 Å². The van der Waals surface area contributed by atoms with E-state index in [9.17, 15) is 0 Å². The lowest BCUT2D eigenvalue weighted by Gasteiger charge is -2.03. The number of rotatable bonds is 1. The third-order valence-corrected chi connectivity index (χ3v) is 4.21. The summed E-state index contributed by atoms with van der Waals surface area (Å²) in [4.78, 5) is 3.95. The number of ether oxygens (including phenoxy) is 1. The highest BCUT2D eigenvalue weighted by molar-refractivity contribution is 14.1. The van der Waals surface area contributed by atoms with E-state index in [2.05, 4.69) is 43.5 Å². The topological polar surface area (TPSA) is 22.1 Å². The molecule has 0 bridgehead atoms. The van der Waals surface area contributed by atoms with Gasteiger partial charge in [0.15, 0.2) is 0 Å². The van der Waals surface area contributed by atoms with Crippen molar-refractivity contribution in [3.63, 3.8) is 0 Å². The summed E-state index contributed by atoms with van der Waals surface area (Å²) in [6.07, 6.45) is 1.66. The molecule has 0 fully saturated rings. The van der Waals surface area contributed by atoms with Crippen LogP contribution in [-0.2, 0) is 0 Å². The van der Waals surface area contributed by atoms with Crippen molar-refractivity contribution in [3.8, 4) is 5.88 Å². The summed E-state index contributed by atoms with van der Waals surface area (Å²) in [5.74, 6) is 0.458. The van der Waals surface area contributed by atoms with Crippen LogP contribution in [0.5, 0.6) is 5.88 Å². The molecule has 11 heavy (non-hydrogen) atoms. The minimum absolute atomic E-state index is 0.458. The molecule has 0 N–H and O–H groups in total. The quantitative estimate of drug-likeness (QED) is 0.728. The van der Waals surface area contributed by atoms with Crippen molar-refractivity contribution in [1.82, 2.24) is 4.98 Å². The minimum atomic E-state index is 0.458. The summed E-state index contributed by atoms with van der Waals surface area (Å²) >= 11 is 11.3. The molecule has 1 rings (SSSR count). The van der Waals surface area contributed by atoms with Gasteiger partial charge in [0.1, 0.15) is 5.02 Å². The third-order valence-electron chi connectivity index (χ3n) is 1.08. The second kappa shape index (κ2) is 3.91. The van der Waals surface area contributed by atoms with Gasteiger partial charge in [0.25, 0.3) is 0 Å². The Bertz CT molecular complexity index is 282. The van der Waals surface area contributed by atoms with Gasteiger partial charge in [-0.3, -0.25) is 0 Å². The maximum atomic E-state index is 5.87. The molecule has 0 spiro atoms. The summed E-state index contributed by atoms with van der Waals surface area (Å²) in [5.41, 5.74) is 0. The Hall–Kier alpha value is 0.450. The molecule has 0 amide bonds. The van der Waals surface area contributed by atoms with Gasteiger partial charge in [-0.25, -0.2) is 4.98 Å². The van der Waals surface area contributed by atoms with Crippen LogP contribution in [0, 0.1) is 3.57 Å². The Balaban J connectivity index is 3.25. The molecule has 1 aromatic rings. The predicted molar refractivity (Wildman–Crippen MR) is 56.2 cm³/mol. The van der Waals surface area contributed by atoms with Crippen LogP contribution in [0.25, 0.3) is 0 Å². The number of methoxy groups -OCH3 is 1. The molecule has 0 unspecified atom stereocenters. The van der Waals surface area contributed by atoms with E-state index < -0.39 is 0 Å².